The first-order chi connectivity index (χ1) is 13.6. The Hall–Kier alpha value is -3.40. The van der Waals surface area contributed by atoms with E-state index in [9.17, 15) is 9.59 Å². The summed E-state index contributed by atoms with van der Waals surface area (Å²) >= 11 is 0. The van der Waals surface area contributed by atoms with Crippen LogP contribution in [0.4, 0.5) is 0 Å². The standard InChI is InChI=1S/C24H23NO3/c1-3-28-24(27)21-10-5-4-8-19(21)9-6-16-25-17-7-11-22(25)23(26)20-14-12-18(2)13-15-20/h4-15,17H,3,16H2,1-2H3/b9-6+. The fraction of sp³-hybridized carbons (Fsp3) is 0.167. The normalized spacial score (nSPS) is 10.9. The molecule has 0 aliphatic carbocycles. The predicted molar refractivity (Wildman–Crippen MR) is 110 cm³/mol. The summed E-state index contributed by atoms with van der Waals surface area (Å²) in [5, 5.41) is 0. The van der Waals surface area contributed by atoms with Crippen molar-refractivity contribution in [2.75, 3.05) is 6.61 Å². The van der Waals surface area contributed by atoms with Crippen LogP contribution in [0.1, 0.15) is 44.5 Å². The maximum absolute atomic E-state index is 12.8. The van der Waals surface area contributed by atoms with Gasteiger partial charge in [-0.15, -0.1) is 0 Å². The van der Waals surface area contributed by atoms with Gasteiger partial charge in [-0.05, 0) is 37.6 Å². The van der Waals surface area contributed by atoms with E-state index >= 15 is 0 Å². The number of rotatable bonds is 7. The molecule has 0 unspecified atom stereocenters. The summed E-state index contributed by atoms with van der Waals surface area (Å²) in [6.45, 7) is 4.65. The number of aromatic nitrogens is 1. The molecular formula is C24H23NO3. The smallest absolute Gasteiger partial charge is 0.338 e. The van der Waals surface area contributed by atoms with Crippen LogP contribution in [0.5, 0.6) is 0 Å². The number of nitrogens with zero attached hydrogens (tertiary/aromatic N) is 1. The number of ketones is 1. The molecule has 0 aliphatic rings. The average molecular weight is 373 g/mol. The molecule has 0 atom stereocenters. The lowest BCUT2D eigenvalue weighted by Gasteiger charge is -2.07. The third-order valence-corrected chi connectivity index (χ3v) is 4.43. The van der Waals surface area contributed by atoms with E-state index in [1.54, 1.807) is 13.0 Å². The van der Waals surface area contributed by atoms with Gasteiger partial charge in [-0.3, -0.25) is 4.79 Å². The molecule has 0 fully saturated rings. The second-order valence-electron chi connectivity index (χ2n) is 6.45. The maximum Gasteiger partial charge on any atom is 0.338 e. The Labute approximate surface area is 165 Å². The van der Waals surface area contributed by atoms with E-state index in [1.165, 1.54) is 0 Å². The molecule has 0 bridgehead atoms. The molecule has 0 saturated heterocycles. The van der Waals surface area contributed by atoms with Crippen LogP contribution < -0.4 is 0 Å². The number of benzene rings is 2. The summed E-state index contributed by atoms with van der Waals surface area (Å²) in [6, 6.07) is 18.6. The SMILES string of the molecule is CCOC(=O)c1ccccc1/C=C/Cn1cccc1C(=O)c1ccc(C)cc1. The van der Waals surface area contributed by atoms with Crippen LogP contribution >= 0.6 is 0 Å². The minimum atomic E-state index is -0.334. The summed E-state index contributed by atoms with van der Waals surface area (Å²) in [6.07, 6.45) is 5.69. The van der Waals surface area contributed by atoms with Crippen molar-refractivity contribution >= 4 is 17.8 Å². The number of carbonyl (C=O) groups excluding carboxylic acids is 2. The highest BCUT2D eigenvalue weighted by atomic mass is 16.5. The molecule has 0 aliphatic heterocycles. The van der Waals surface area contributed by atoms with E-state index in [1.807, 2.05) is 84.4 Å². The number of ether oxygens (including phenoxy) is 1. The first-order valence-corrected chi connectivity index (χ1v) is 9.29. The molecule has 0 amide bonds. The van der Waals surface area contributed by atoms with Crippen molar-refractivity contribution in [3.05, 3.63) is 101 Å². The number of hydrogen-bond donors (Lipinski definition) is 0. The number of allylic oxidation sites excluding steroid dienone is 1. The molecule has 4 nitrogen and oxygen atoms in total. The van der Waals surface area contributed by atoms with Crippen molar-refractivity contribution in [2.45, 2.75) is 20.4 Å². The Morgan fingerprint density at radius 1 is 1.00 bits per heavy atom. The molecule has 0 radical (unpaired) electrons. The van der Waals surface area contributed by atoms with Crippen molar-refractivity contribution in [3.8, 4) is 0 Å². The monoisotopic (exact) mass is 373 g/mol. The lowest BCUT2D eigenvalue weighted by atomic mass is 10.1. The highest BCUT2D eigenvalue weighted by molar-refractivity contribution is 6.08. The molecule has 2 aromatic carbocycles. The van der Waals surface area contributed by atoms with Gasteiger partial charge in [0.05, 0.1) is 17.9 Å². The minimum absolute atomic E-state index is 0.00896. The van der Waals surface area contributed by atoms with Gasteiger partial charge in [0, 0.05) is 18.3 Å². The van der Waals surface area contributed by atoms with Gasteiger partial charge in [0.15, 0.2) is 0 Å². The zero-order valence-electron chi connectivity index (χ0n) is 16.1. The molecule has 3 aromatic rings. The lowest BCUT2D eigenvalue weighted by molar-refractivity contribution is 0.0526. The second-order valence-corrected chi connectivity index (χ2v) is 6.45. The summed E-state index contributed by atoms with van der Waals surface area (Å²) in [4.78, 5) is 24.9. The van der Waals surface area contributed by atoms with Gasteiger partial charge in [-0.1, -0.05) is 60.2 Å². The largest absolute Gasteiger partial charge is 0.462 e. The summed E-state index contributed by atoms with van der Waals surface area (Å²) in [5.74, 6) is -0.343. The zero-order chi connectivity index (χ0) is 19.9. The molecule has 4 heteroatoms. The van der Waals surface area contributed by atoms with Gasteiger partial charge in [0.2, 0.25) is 5.78 Å². The Morgan fingerprint density at radius 3 is 2.50 bits per heavy atom. The quantitative estimate of drug-likeness (QED) is 0.436. The Balaban J connectivity index is 1.77. The van der Waals surface area contributed by atoms with Gasteiger partial charge >= 0.3 is 5.97 Å². The van der Waals surface area contributed by atoms with Gasteiger partial charge in [-0.2, -0.15) is 0 Å². The Morgan fingerprint density at radius 2 is 1.75 bits per heavy atom. The van der Waals surface area contributed by atoms with Crippen molar-refractivity contribution in [1.29, 1.82) is 0 Å². The lowest BCUT2D eigenvalue weighted by Crippen LogP contribution is -2.09. The summed E-state index contributed by atoms with van der Waals surface area (Å²) < 4.78 is 7.00. The van der Waals surface area contributed by atoms with Crippen LogP contribution in [0.15, 0.2) is 72.9 Å². The van der Waals surface area contributed by atoms with E-state index in [-0.39, 0.29) is 11.8 Å². The second kappa shape index (κ2) is 9.00. The molecule has 1 aromatic heterocycles. The fourth-order valence-corrected chi connectivity index (χ4v) is 2.96. The van der Waals surface area contributed by atoms with Crippen molar-refractivity contribution in [1.82, 2.24) is 4.57 Å². The summed E-state index contributed by atoms with van der Waals surface area (Å²) in [5.41, 5.74) is 3.74. The third kappa shape index (κ3) is 4.46. The molecule has 3 rings (SSSR count). The van der Waals surface area contributed by atoms with Gasteiger partial charge in [0.1, 0.15) is 0 Å². The van der Waals surface area contributed by atoms with Crippen LogP contribution in [0, 0.1) is 6.92 Å². The topological polar surface area (TPSA) is 48.3 Å². The van der Waals surface area contributed by atoms with E-state index < -0.39 is 0 Å². The highest BCUT2D eigenvalue weighted by Crippen LogP contribution is 2.15. The van der Waals surface area contributed by atoms with Crippen LogP contribution in [0.3, 0.4) is 0 Å². The van der Waals surface area contributed by atoms with Gasteiger partial charge in [-0.25, -0.2) is 4.79 Å². The third-order valence-electron chi connectivity index (χ3n) is 4.43. The Kier molecular flexibility index (Phi) is 6.22. The highest BCUT2D eigenvalue weighted by Gasteiger charge is 2.13. The Bertz CT molecular complexity index is 997. The molecular weight excluding hydrogens is 350 g/mol. The van der Waals surface area contributed by atoms with Gasteiger partial charge < -0.3 is 9.30 Å². The molecule has 0 saturated carbocycles. The van der Waals surface area contributed by atoms with E-state index in [2.05, 4.69) is 0 Å². The molecule has 1 heterocycles. The summed E-state index contributed by atoms with van der Waals surface area (Å²) in [7, 11) is 0. The predicted octanol–water partition coefficient (Wildman–Crippen LogP) is 4.92. The van der Waals surface area contributed by atoms with E-state index in [0.29, 0.717) is 30.0 Å². The van der Waals surface area contributed by atoms with Crippen LogP contribution in [0.2, 0.25) is 0 Å². The minimum Gasteiger partial charge on any atom is -0.462 e. The van der Waals surface area contributed by atoms with Crippen molar-refractivity contribution in [3.63, 3.8) is 0 Å². The van der Waals surface area contributed by atoms with Crippen LogP contribution in [0.25, 0.3) is 6.08 Å². The molecule has 142 valence electrons. The van der Waals surface area contributed by atoms with E-state index in [4.69, 9.17) is 4.74 Å². The van der Waals surface area contributed by atoms with Crippen molar-refractivity contribution in [2.24, 2.45) is 0 Å². The maximum atomic E-state index is 12.8. The molecule has 0 N–H and O–H groups in total. The molecule has 0 spiro atoms. The number of carbonyl (C=O) groups is 2. The first kappa shape index (κ1) is 19.4. The van der Waals surface area contributed by atoms with Crippen molar-refractivity contribution < 1.29 is 14.3 Å². The first-order valence-electron chi connectivity index (χ1n) is 9.29. The number of esters is 1. The zero-order valence-corrected chi connectivity index (χ0v) is 16.1. The van der Waals surface area contributed by atoms with Crippen LogP contribution in [-0.4, -0.2) is 22.9 Å². The van der Waals surface area contributed by atoms with Gasteiger partial charge in [0.25, 0.3) is 0 Å². The number of aryl methyl sites for hydroxylation is 1. The number of hydrogen-bond acceptors (Lipinski definition) is 3. The van der Waals surface area contributed by atoms with Crippen LogP contribution in [-0.2, 0) is 11.3 Å². The van der Waals surface area contributed by atoms with E-state index in [0.717, 1.165) is 11.1 Å². The fourth-order valence-electron chi connectivity index (χ4n) is 2.96. The average Bonchev–Trinajstić information content (AvgIpc) is 3.17. The molecule has 28 heavy (non-hydrogen) atoms.